The lowest BCUT2D eigenvalue weighted by molar-refractivity contribution is 0.102. The van der Waals surface area contributed by atoms with Crippen LogP contribution in [-0.2, 0) is 5.41 Å². The molecule has 6 heteroatoms. The van der Waals surface area contributed by atoms with Gasteiger partial charge in [0.25, 0.3) is 5.91 Å². The molecule has 1 N–H and O–H groups in total. The van der Waals surface area contributed by atoms with Crippen molar-refractivity contribution in [3.05, 3.63) is 45.7 Å². The topological polar surface area (TPSA) is 64.1 Å². The first kappa shape index (κ1) is 19.3. The van der Waals surface area contributed by atoms with Crippen LogP contribution in [0.5, 0.6) is 5.75 Å². The lowest BCUT2D eigenvalue weighted by Gasteiger charge is -2.21. The quantitative estimate of drug-likeness (QED) is 0.677. The Hall–Kier alpha value is -2.47. The number of nitrogens with one attached hydrogen (secondary N) is 1. The van der Waals surface area contributed by atoms with E-state index in [0.717, 1.165) is 27.0 Å². The molecule has 0 aliphatic rings. The Morgan fingerprint density at radius 2 is 1.85 bits per heavy atom. The summed E-state index contributed by atoms with van der Waals surface area (Å²) in [6, 6.07) is 5.91. The Morgan fingerprint density at radius 3 is 2.48 bits per heavy atom. The van der Waals surface area contributed by atoms with E-state index in [2.05, 4.69) is 36.1 Å². The summed E-state index contributed by atoms with van der Waals surface area (Å²) in [6.07, 6.45) is 0. The predicted octanol–water partition coefficient (Wildman–Crippen LogP) is 5.17. The van der Waals surface area contributed by atoms with Crippen LogP contribution in [0.2, 0.25) is 0 Å². The SMILES string of the molecule is COc1ccc(C(C)(C)C)cc1NC(=O)c1sc2nc(C)nc(C)c2c1C. The summed E-state index contributed by atoms with van der Waals surface area (Å²) in [7, 11) is 1.61. The van der Waals surface area contributed by atoms with Crippen molar-refractivity contribution in [2.75, 3.05) is 12.4 Å². The van der Waals surface area contributed by atoms with Crippen LogP contribution in [0.3, 0.4) is 0 Å². The summed E-state index contributed by atoms with van der Waals surface area (Å²) in [6.45, 7) is 12.2. The molecule has 0 radical (unpaired) electrons. The molecule has 27 heavy (non-hydrogen) atoms. The molecule has 142 valence electrons. The van der Waals surface area contributed by atoms with Gasteiger partial charge in [-0.05, 0) is 49.4 Å². The highest BCUT2D eigenvalue weighted by Crippen LogP contribution is 2.34. The molecule has 0 atom stereocenters. The standard InChI is InChI=1S/C21H25N3O2S/c1-11-17-12(2)22-13(3)23-20(17)27-18(11)19(25)24-15-10-14(21(4,5)6)8-9-16(15)26-7/h8-10H,1-7H3,(H,24,25). The van der Waals surface area contributed by atoms with Gasteiger partial charge in [-0.1, -0.05) is 26.8 Å². The highest BCUT2D eigenvalue weighted by Gasteiger charge is 2.21. The van der Waals surface area contributed by atoms with E-state index in [1.165, 1.54) is 11.3 Å². The average Bonchev–Trinajstić information content (AvgIpc) is 2.90. The highest BCUT2D eigenvalue weighted by atomic mass is 32.1. The third-order valence-corrected chi connectivity index (χ3v) is 5.79. The summed E-state index contributed by atoms with van der Waals surface area (Å²) in [5.74, 6) is 1.20. The summed E-state index contributed by atoms with van der Waals surface area (Å²) >= 11 is 1.40. The summed E-state index contributed by atoms with van der Waals surface area (Å²) in [5.41, 5.74) is 3.59. The van der Waals surface area contributed by atoms with Crippen molar-refractivity contribution in [3.63, 3.8) is 0 Å². The molecular formula is C21H25N3O2S. The van der Waals surface area contributed by atoms with Gasteiger partial charge in [-0.25, -0.2) is 9.97 Å². The Balaban J connectivity index is 2.02. The van der Waals surface area contributed by atoms with Gasteiger partial charge in [0.15, 0.2) is 0 Å². The molecular weight excluding hydrogens is 358 g/mol. The van der Waals surface area contributed by atoms with Crippen LogP contribution < -0.4 is 10.1 Å². The highest BCUT2D eigenvalue weighted by molar-refractivity contribution is 7.20. The van der Waals surface area contributed by atoms with Gasteiger partial charge in [0, 0.05) is 11.1 Å². The van der Waals surface area contributed by atoms with E-state index in [9.17, 15) is 4.79 Å². The molecule has 1 amide bonds. The third-order valence-electron chi connectivity index (χ3n) is 4.60. The Bertz CT molecular complexity index is 1030. The van der Waals surface area contributed by atoms with Crippen molar-refractivity contribution in [2.24, 2.45) is 0 Å². The fraction of sp³-hybridized carbons (Fsp3) is 0.381. The molecule has 2 aromatic heterocycles. The molecule has 5 nitrogen and oxygen atoms in total. The van der Waals surface area contributed by atoms with Gasteiger partial charge in [0.05, 0.1) is 17.7 Å². The number of carbonyl (C=O) groups is 1. The third kappa shape index (κ3) is 3.67. The molecule has 0 spiro atoms. The maximum Gasteiger partial charge on any atom is 0.266 e. The van der Waals surface area contributed by atoms with E-state index in [1.807, 2.05) is 39.0 Å². The average molecular weight is 384 g/mol. The van der Waals surface area contributed by atoms with Gasteiger partial charge in [-0.2, -0.15) is 0 Å². The van der Waals surface area contributed by atoms with Crippen molar-refractivity contribution in [3.8, 4) is 5.75 Å². The molecule has 3 rings (SSSR count). The number of nitrogens with zero attached hydrogens (tertiary/aromatic N) is 2. The van der Waals surface area contributed by atoms with Crippen molar-refractivity contribution in [1.82, 2.24) is 9.97 Å². The Morgan fingerprint density at radius 1 is 1.15 bits per heavy atom. The first-order valence-electron chi connectivity index (χ1n) is 8.86. The van der Waals surface area contributed by atoms with Gasteiger partial charge in [0.2, 0.25) is 0 Å². The molecule has 0 unspecified atom stereocenters. The van der Waals surface area contributed by atoms with Crippen molar-refractivity contribution in [1.29, 1.82) is 0 Å². The summed E-state index contributed by atoms with van der Waals surface area (Å²) in [4.78, 5) is 23.4. The lowest BCUT2D eigenvalue weighted by Crippen LogP contribution is -2.15. The monoisotopic (exact) mass is 383 g/mol. The van der Waals surface area contributed by atoms with Gasteiger partial charge < -0.3 is 10.1 Å². The van der Waals surface area contributed by atoms with Crippen LogP contribution in [0.4, 0.5) is 5.69 Å². The number of rotatable bonds is 3. The van der Waals surface area contributed by atoms with Gasteiger partial charge in [-0.3, -0.25) is 4.79 Å². The minimum absolute atomic E-state index is 0.0243. The van der Waals surface area contributed by atoms with E-state index >= 15 is 0 Å². The van der Waals surface area contributed by atoms with Crippen molar-refractivity contribution in [2.45, 2.75) is 47.0 Å². The minimum Gasteiger partial charge on any atom is -0.495 e. The minimum atomic E-state index is -0.156. The molecule has 3 aromatic rings. The number of hydrogen-bond donors (Lipinski definition) is 1. The lowest BCUT2D eigenvalue weighted by atomic mass is 9.87. The second kappa shape index (κ2) is 6.93. The molecule has 1 aromatic carbocycles. The normalized spacial score (nSPS) is 11.7. The molecule has 0 aliphatic heterocycles. The zero-order valence-electron chi connectivity index (χ0n) is 16.9. The first-order valence-corrected chi connectivity index (χ1v) is 9.67. The number of aryl methyl sites for hydroxylation is 3. The molecule has 0 bridgehead atoms. The van der Waals surface area contributed by atoms with Crippen molar-refractivity contribution >= 4 is 33.1 Å². The summed E-state index contributed by atoms with van der Waals surface area (Å²) < 4.78 is 5.44. The van der Waals surface area contributed by atoms with Gasteiger partial charge in [0.1, 0.15) is 16.4 Å². The van der Waals surface area contributed by atoms with E-state index in [4.69, 9.17) is 4.74 Å². The van der Waals surface area contributed by atoms with Crippen molar-refractivity contribution < 1.29 is 9.53 Å². The van der Waals surface area contributed by atoms with E-state index in [-0.39, 0.29) is 11.3 Å². The van der Waals surface area contributed by atoms with Gasteiger partial charge in [-0.15, -0.1) is 11.3 Å². The van der Waals surface area contributed by atoms with Crippen LogP contribution in [0, 0.1) is 20.8 Å². The van der Waals surface area contributed by atoms with E-state index < -0.39 is 0 Å². The number of amides is 1. The fourth-order valence-corrected chi connectivity index (χ4v) is 4.31. The Labute approximate surface area is 163 Å². The zero-order chi connectivity index (χ0) is 19.9. The smallest absolute Gasteiger partial charge is 0.266 e. The second-order valence-electron chi connectivity index (χ2n) is 7.71. The van der Waals surface area contributed by atoms with Crippen LogP contribution in [0.15, 0.2) is 18.2 Å². The first-order chi connectivity index (χ1) is 12.6. The number of methoxy groups -OCH3 is 1. The predicted molar refractivity (Wildman–Crippen MR) is 111 cm³/mol. The van der Waals surface area contributed by atoms with Crippen LogP contribution in [0.25, 0.3) is 10.2 Å². The number of fused-ring (bicyclic) bond motifs is 1. The molecule has 0 fully saturated rings. The number of anilines is 1. The van der Waals surface area contributed by atoms with Crippen LogP contribution >= 0.6 is 11.3 Å². The fourth-order valence-electron chi connectivity index (χ4n) is 3.14. The van der Waals surface area contributed by atoms with E-state index in [1.54, 1.807) is 7.11 Å². The van der Waals surface area contributed by atoms with Crippen LogP contribution in [-0.4, -0.2) is 23.0 Å². The summed E-state index contributed by atoms with van der Waals surface area (Å²) in [5, 5.41) is 3.99. The van der Waals surface area contributed by atoms with E-state index in [0.29, 0.717) is 22.1 Å². The van der Waals surface area contributed by atoms with Crippen LogP contribution in [0.1, 0.15) is 53.1 Å². The molecule has 0 saturated carbocycles. The zero-order valence-corrected chi connectivity index (χ0v) is 17.7. The number of aromatic nitrogens is 2. The molecule has 2 heterocycles. The molecule has 0 saturated heterocycles. The second-order valence-corrected chi connectivity index (χ2v) is 8.71. The number of benzene rings is 1. The number of hydrogen-bond acceptors (Lipinski definition) is 5. The maximum absolute atomic E-state index is 13.0. The number of carbonyl (C=O) groups excluding carboxylic acids is 1. The molecule has 0 aliphatic carbocycles. The number of ether oxygens (including phenoxy) is 1. The Kier molecular flexibility index (Phi) is 4.95. The number of thiophene rings is 1. The van der Waals surface area contributed by atoms with Gasteiger partial charge >= 0.3 is 0 Å². The largest absolute Gasteiger partial charge is 0.495 e. The maximum atomic E-state index is 13.0.